The first kappa shape index (κ1) is 25.1. The summed E-state index contributed by atoms with van der Waals surface area (Å²) < 4.78 is 15.3. The summed E-state index contributed by atoms with van der Waals surface area (Å²) in [7, 11) is 0. The Bertz CT molecular complexity index is 734. The SMILES string of the molecule is CC(N)C(=O)OC(C(=O)NC(C)C(=O)OC(C)C(=O)OCc1ccccc1)C(C)C. The zero-order valence-electron chi connectivity index (χ0n) is 17.9. The van der Waals surface area contributed by atoms with Crippen LogP contribution in [0.5, 0.6) is 0 Å². The number of rotatable bonds is 10. The average molecular weight is 422 g/mol. The molecule has 0 heterocycles. The lowest BCUT2D eigenvalue weighted by Crippen LogP contribution is -2.49. The molecule has 0 bridgehead atoms. The van der Waals surface area contributed by atoms with Crippen LogP contribution in [-0.4, -0.2) is 48.1 Å². The van der Waals surface area contributed by atoms with Crippen LogP contribution in [0.2, 0.25) is 0 Å². The number of nitrogens with two attached hydrogens (primary N) is 1. The molecular formula is C21H30N2O7. The van der Waals surface area contributed by atoms with Crippen molar-refractivity contribution in [1.29, 1.82) is 0 Å². The van der Waals surface area contributed by atoms with E-state index in [1.807, 2.05) is 18.2 Å². The predicted octanol–water partition coefficient (Wildman–Crippen LogP) is 1.08. The number of nitrogens with one attached hydrogen (secondary N) is 1. The lowest BCUT2D eigenvalue weighted by atomic mass is 10.1. The Morgan fingerprint density at radius 1 is 0.900 bits per heavy atom. The van der Waals surface area contributed by atoms with E-state index >= 15 is 0 Å². The molecule has 1 amide bonds. The maximum Gasteiger partial charge on any atom is 0.347 e. The van der Waals surface area contributed by atoms with Crippen LogP contribution in [-0.2, 0) is 40.0 Å². The summed E-state index contributed by atoms with van der Waals surface area (Å²) in [5.74, 6) is -3.27. The summed E-state index contributed by atoms with van der Waals surface area (Å²) >= 11 is 0. The van der Waals surface area contributed by atoms with E-state index in [1.54, 1.807) is 26.0 Å². The summed E-state index contributed by atoms with van der Waals surface area (Å²) in [6.45, 7) is 7.64. The maximum atomic E-state index is 12.4. The van der Waals surface area contributed by atoms with Gasteiger partial charge in [0.25, 0.3) is 5.91 Å². The number of hydrogen-bond donors (Lipinski definition) is 2. The number of benzene rings is 1. The molecule has 0 fully saturated rings. The van der Waals surface area contributed by atoms with Gasteiger partial charge in [0.2, 0.25) is 0 Å². The van der Waals surface area contributed by atoms with E-state index in [-0.39, 0.29) is 12.5 Å². The highest BCUT2D eigenvalue weighted by Crippen LogP contribution is 2.09. The van der Waals surface area contributed by atoms with Gasteiger partial charge in [-0.2, -0.15) is 0 Å². The highest BCUT2D eigenvalue weighted by Gasteiger charge is 2.31. The molecule has 0 aliphatic rings. The molecule has 0 radical (unpaired) electrons. The molecule has 1 rings (SSSR count). The molecule has 3 N–H and O–H groups in total. The van der Waals surface area contributed by atoms with Gasteiger partial charge < -0.3 is 25.3 Å². The quantitative estimate of drug-likeness (QED) is 0.423. The molecule has 0 aliphatic carbocycles. The van der Waals surface area contributed by atoms with Crippen LogP contribution in [0.1, 0.15) is 40.2 Å². The van der Waals surface area contributed by atoms with Gasteiger partial charge in [0.05, 0.1) is 0 Å². The molecule has 1 aromatic rings. The molecule has 1 aromatic carbocycles. The second-order valence-corrected chi connectivity index (χ2v) is 7.29. The van der Waals surface area contributed by atoms with Gasteiger partial charge in [-0.05, 0) is 32.3 Å². The number of hydrogen-bond acceptors (Lipinski definition) is 8. The van der Waals surface area contributed by atoms with E-state index < -0.39 is 48.1 Å². The molecule has 30 heavy (non-hydrogen) atoms. The summed E-state index contributed by atoms with van der Waals surface area (Å²) in [4.78, 5) is 48.3. The van der Waals surface area contributed by atoms with Gasteiger partial charge in [-0.25, -0.2) is 9.59 Å². The van der Waals surface area contributed by atoms with Crippen molar-refractivity contribution in [2.75, 3.05) is 0 Å². The van der Waals surface area contributed by atoms with E-state index in [0.717, 1.165) is 5.56 Å². The maximum absolute atomic E-state index is 12.4. The fourth-order valence-corrected chi connectivity index (χ4v) is 2.25. The van der Waals surface area contributed by atoms with Crippen molar-refractivity contribution >= 4 is 23.8 Å². The highest BCUT2D eigenvalue weighted by atomic mass is 16.6. The van der Waals surface area contributed by atoms with Crippen LogP contribution in [0, 0.1) is 5.92 Å². The first-order valence-corrected chi connectivity index (χ1v) is 9.70. The molecule has 9 heteroatoms. The standard InChI is InChI=1S/C21H30N2O7/c1-12(2)17(30-19(25)13(3)22)18(24)23-14(4)20(26)29-15(5)21(27)28-11-16-9-7-6-8-10-16/h6-10,12-15,17H,11,22H2,1-5H3,(H,23,24). The number of esters is 3. The fraction of sp³-hybridized carbons (Fsp3) is 0.524. The molecular weight excluding hydrogens is 392 g/mol. The van der Waals surface area contributed by atoms with Crippen molar-refractivity contribution in [3.8, 4) is 0 Å². The zero-order chi connectivity index (χ0) is 22.8. The van der Waals surface area contributed by atoms with E-state index in [2.05, 4.69) is 5.32 Å². The van der Waals surface area contributed by atoms with E-state index in [9.17, 15) is 19.2 Å². The summed E-state index contributed by atoms with van der Waals surface area (Å²) in [5.41, 5.74) is 6.25. The first-order valence-electron chi connectivity index (χ1n) is 9.70. The van der Waals surface area contributed by atoms with Crippen LogP contribution in [0.3, 0.4) is 0 Å². The topological polar surface area (TPSA) is 134 Å². The third-order valence-corrected chi connectivity index (χ3v) is 4.04. The zero-order valence-corrected chi connectivity index (χ0v) is 17.9. The smallest absolute Gasteiger partial charge is 0.347 e. The Hall–Kier alpha value is -2.94. The molecule has 4 atom stereocenters. The molecule has 0 spiro atoms. The van der Waals surface area contributed by atoms with Crippen molar-refractivity contribution < 1.29 is 33.4 Å². The van der Waals surface area contributed by atoms with Crippen LogP contribution in [0.25, 0.3) is 0 Å². The second kappa shape index (κ2) is 11.9. The van der Waals surface area contributed by atoms with Gasteiger partial charge in [-0.3, -0.25) is 9.59 Å². The van der Waals surface area contributed by atoms with Gasteiger partial charge in [0.1, 0.15) is 18.7 Å². The van der Waals surface area contributed by atoms with Crippen LogP contribution in [0.4, 0.5) is 0 Å². The lowest BCUT2D eigenvalue weighted by molar-refractivity contribution is -0.169. The van der Waals surface area contributed by atoms with Gasteiger partial charge in [-0.15, -0.1) is 0 Å². The predicted molar refractivity (Wildman–Crippen MR) is 108 cm³/mol. The van der Waals surface area contributed by atoms with Gasteiger partial charge in [0, 0.05) is 0 Å². The monoisotopic (exact) mass is 422 g/mol. The Morgan fingerprint density at radius 3 is 2.03 bits per heavy atom. The Morgan fingerprint density at radius 2 is 1.50 bits per heavy atom. The summed E-state index contributed by atoms with van der Waals surface area (Å²) in [6, 6.07) is 7.10. The molecule has 9 nitrogen and oxygen atoms in total. The Kier molecular flexibility index (Phi) is 9.97. The molecule has 0 saturated heterocycles. The van der Waals surface area contributed by atoms with Crippen molar-refractivity contribution in [2.24, 2.45) is 11.7 Å². The van der Waals surface area contributed by atoms with Crippen molar-refractivity contribution in [3.63, 3.8) is 0 Å². The summed E-state index contributed by atoms with van der Waals surface area (Å²) in [6.07, 6.45) is -2.27. The van der Waals surface area contributed by atoms with E-state index in [0.29, 0.717) is 0 Å². The minimum atomic E-state index is -1.16. The molecule has 166 valence electrons. The van der Waals surface area contributed by atoms with E-state index in [4.69, 9.17) is 19.9 Å². The van der Waals surface area contributed by atoms with E-state index in [1.165, 1.54) is 20.8 Å². The largest absolute Gasteiger partial charge is 0.458 e. The normalized spacial score (nSPS) is 14.8. The van der Waals surface area contributed by atoms with Crippen LogP contribution < -0.4 is 11.1 Å². The van der Waals surface area contributed by atoms with Gasteiger partial charge in [-0.1, -0.05) is 44.2 Å². The number of carbonyl (C=O) groups excluding carboxylic acids is 4. The Labute approximate surface area is 176 Å². The first-order chi connectivity index (χ1) is 14.0. The second-order valence-electron chi connectivity index (χ2n) is 7.29. The molecule has 4 unspecified atom stereocenters. The Balaban J connectivity index is 2.56. The number of ether oxygens (including phenoxy) is 3. The van der Waals surface area contributed by atoms with Gasteiger partial charge in [0.15, 0.2) is 12.2 Å². The third-order valence-electron chi connectivity index (χ3n) is 4.04. The lowest BCUT2D eigenvalue weighted by Gasteiger charge is -2.23. The van der Waals surface area contributed by atoms with Crippen LogP contribution in [0.15, 0.2) is 30.3 Å². The molecule has 0 aromatic heterocycles. The average Bonchev–Trinajstić information content (AvgIpc) is 2.69. The van der Waals surface area contributed by atoms with Crippen molar-refractivity contribution in [3.05, 3.63) is 35.9 Å². The minimum absolute atomic E-state index is 0.0505. The molecule has 0 saturated carbocycles. The minimum Gasteiger partial charge on any atom is -0.458 e. The van der Waals surface area contributed by atoms with Crippen molar-refractivity contribution in [2.45, 2.75) is 65.5 Å². The highest BCUT2D eigenvalue weighted by molar-refractivity contribution is 5.89. The fourth-order valence-electron chi connectivity index (χ4n) is 2.25. The van der Waals surface area contributed by atoms with Crippen molar-refractivity contribution in [1.82, 2.24) is 5.32 Å². The van der Waals surface area contributed by atoms with Crippen LogP contribution >= 0.6 is 0 Å². The number of amides is 1. The molecule has 0 aliphatic heterocycles. The third kappa shape index (κ3) is 8.20. The van der Waals surface area contributed by atoms with Gasteiger partial charge >= 0.3 is 17.9 Å². The number of carbonyl (C=O) groups is 4. The summed E-state index contributed by atoms with van der Waals surface area (Å²) in [5, 5.41) is 2.42.